The first-order chi connectivity index (χ1) is 8.78. The Labute approximate surface area is 114 Å². The van der Waals surface area contributed by atoms with E-state index in [1.807, 2.05) is 13.8 Å². The summed E-state index contributed by atoms with van der Waals surface area (Å²) in [5.74, 6) is -0.444. The fraction of sp³-hybridized carbons (Fsp3) is 0.857. The number of rotatable bonds is 5. The van der Waals surface area contributed by atoms with Crippen LogP contribution in [0, 0.1) is 17.3 Å². The summed E-state index contributed by atoms with van der Waals surface area (Å²) < 4.78 is 0. The molecule has 0 radical (unpaired) electrons. The van der Waals surface area contributed by atoms with Crippen molar-refractivity contribution in [2.45, 2.75) is 52.5 Å². The predicted octanol–water partition coefficient (Wildman–Crippen LogP) is 1.37. The fourth-order valence-corrected chi connectivity index (χ4v) is 2.46. The van der Waals surface area contributed by atoms with Gasteiger partial charge in [-0.2, -0.15) is 0 Å². The molecule has 0 bridgehead atoms. The molecular formula is C14H26N2O3. The molecule has 0 aromatic heterocycles. The largest absolute Gasteiger partial charge is 0.481 e. The minimum atomic E-state index is -0.808. The van der Waals surface area contributed by atoms with Crippen LogP contribution < -0.4 is 11.1 Å². The second kappa shape index (κ2) is 6.37. The van der Waals surface area contributed by atoms with E-state index in [0.717, 1.165) is 12.8 Å². The molecule has 0 aromatic carbocycles. The first kappa shape index (κ1) is 16.0. The van der Waals surface area contributed by atoms with Crippen molar-refractivity contribution >= 4 is 11.9 Å². The number of carbonyl (C=O) groups is 2. The topological polar surface area (TPSA) is 92.4 Å². The van der Waals surface area contributed by atoms with Crippen molar-refractivity contribution in [1.29, 1.82) is 0 Å². The zero-order valence-corrected chi connectivity index (χ0v) is 12.1. The molecule has 1 atom stereocenters. The quantitative estimate of drug-likeness (QED) is 0.703. The molecule has 1 aliphatic carbocycles. The average molecular weight is 270 g/mol. The lowest BCUT2D eigenvalue weighted by atomic mass is 9.70. The second-order valence-corrected chi connectivity index (χ2v) is 6.26. The summed E-state index contributed by atoms with van der Waals surface area (Å²) in [5.41, 5.74) is 4.95. The lowest BCUT2D eigenvalue weighted by molar-refractivity contribution is -0.151. The highest BCUT2D eigenvalue weighted by Crippen LogP contribution is 2.38. The maximum absolute atomic E-state index is 11.8. The van der Waals surface area contributed by atoms with Gasteiger partial charge in [0, 0.05) is 6.54 Å². The van der Waals surface area contributed by atoms with Crippen LogP contribution >= 0.6 is 0 Å². The van der Waals surface area contributed by atoms with Crippen LogP contribution in [0.1, 0.15) is 46.5 Å². The van der Waals surface area contributed by atoms with Crippen LogP contribution in [0.5, 0.6) is 0 Å². The van der Waals surface area contributed by atoms with Gasteiger partial charge in [0.25, 0.3) is 0 Å². The molecule has 0 aromatic rings. The molecule has 0 unspecified atom stereocenters. The lowest BCUT2D eigenvalue weighted by Gasteiger charge is -2.36. The van der Waals surface area contributed by atoms with Crippen molar-refractivity contribution in [3.63, 3.8) is 0 Å². The number of nitrogens with two attached hydrogens (primary N) is 1. The Hall–Kier alpha value is -1.10. The fourth-order valence-electron chi connectivity index (χ4n) is 2.46. The van der Waals surface area contributed by atoms with Crippen molar-refractivity contribution in [1.82, 2.24) is 5.32 Å². The molecule has 1 rings (SSSR count). The number of hydrogen-bond acceptors (Lipinski definition) is 3. The summed E-state index contributed by atoms with van der Waals surface area (Å²) in [6.45, 7) is 6.08. The van der Waals surface area contributed by atoms with Crippen molar-refractivity contribution in [3.8, 4) is 0 Å². The first-order valence-electron chi connectivity index (χ1n) is 7.05. The van der Waals surface area contributed by atoms with Gasteiger partial charge in [-0.05, 0) is 37.5 Å². The maximum Gasteiger partial charge on any atom is 0.311 e. The average Bonchev–Trinajstić information content (AvgIpc) is 2.36. The smallest absolute Gasteiger partial charge is 0.311 e. The van der Waals surface area contributed by atoms with Gasteiger partial charge in [-0.25, -0.2) is 0 Å². The third-order valence-electron chi connectivity index (χ3n) is 4.31. The molecule has 110 valence electrons. The number of amides is 1. The Bertz CT molecular complexity index is 334. The van der Waals surface area contributed by atoms with E-state index in [2.05, 4.69) is 12.2 Å². The maximum atomic E-state index is 11.8. The SMILES string of the molecule is CC1CCC(CNC(=O)[C@@H](N)C(C)C)(C(=O)O)CC1. The van der Waals surface area contributed by atoms with Gasteiger partial charge >= 0.3 is 5.97 Å². The molecule has 0 heterocycles. The summed E-state index contributed by atoms with van der Waals surface area (Å²) in [6, 6.07) is -0.576. The Balaban J connectivity index is 2.61. The predicted molar refractivity (Wildman–Crippen MR) is 73.5 cm³/mol. The Morgan fingerprint density at radius 1 is 1.37 bits per heavy atom. The van der Waals surface area contributed by atoms with Crippen molar-refractivity contribution in [2.24, 2.45) is 23.0 Å². The molecule has 5 heteroatoms. The molecule has 19 heavy (non-hydrogen) atoms. The minimum absolute atomic E-state index is 0.0483. The van der Waals surface area contributed by atoms with Gasteiger partial charge in [-0.1, -0.05) is 20.8 Å². The summed E-state index contributed by atoms with van der Waals surface area (Å²) in [7, 11) is 0. The highest BCUT2D eigenvalue weighted by Gasteiger charge is 2.41. The molecular weight excluding hydrogens is 244 g/mol. The molecule has 1 amide bonds. The molecule has 0 saturated heterocycles. The lowest BCUT2D eigenvalue weighted by Crippen LogP contribution is -2.50. The van der Waals surface area contributed by atoms with Gasteiger partial charge in [0.15, 0.2) is 0 Å². The summed E-state index contributed by atoms with van der Waals surface area (Å²) in [5, 5.41) is 12.2. The molecule has 1 fully saturated rings. The monoisotopic (exact) mass is 270 g/mol. The Kier molecular flexibility index (Phi) is 5.35. The second-order valence-electron chi connectivity index (χ2n) is 6.26. The van der Waals surface area contributed by atoms with E-state index < -0.39 is 17.4 Å². The van der Waals surface area contributed by atoms with Crippen molar-refractivity contribution in [3.05, 3.63) is 0 Å². The van der Waals surface area contributed by atoms with Gasteiger partial charge in [0.05, 0.1) is 11.5 Å². The van der Waals surface area contributed by atoms with E-state index in [9.17, 15) is 14.7 Å². The van der Waals surface area contributed by atoms with Gasteiger partial charge in [0.1, 0.15) is 0 Å². The summed E-state index contributed by atoms with van der Waals surface area (Å²) in [6.07, 6.45) is 3.05. The number of carbonyl (C=O) groups excluding carboxylic acids is 1. The third-order valence-corrected chi connectivity index (χ3v) is 4.31. The van der Waals surface area contributed by atoms with E-state index >= 15 is 0 Å². The molecule has 1 saturated carbocycles. The summed E-state index contributed by atoms with van der Waals surface area (Å²) >= 11 is 0. The zero-order valence-electron chi connectivity index (χ0n) is 12.1. The van der Waals surface area contributed by atoms with Crippen LogP contribution in [-0.2, 0) is 9.59 Å². The van der Waals surface area contributed by atoms with Gasteiger partial charge in [0.2, 0.25) is 5.91 Å². The van der Waals surface area contributed by atoms with Gasteiger partial charge < -0.3 is 16.2 Å². The highest BCUT2D eigenvalue weighted by molar-refractivity contribution is 5.83. The normalized spacial score (nSPS) is 29.0. The van der Waals surface area contributed by atoms with Gasteiger partial charge in [-0.3, -0.25) is 9.59 Å². The molecule has 5 nitrogen and oxygen atoms in total. The van der Waals surface area contributed by atoms with E-state index in [1.165, 1.54) is 0 Å². The Morgan fingerprint density at radius 3 is 2.32 bits per heavy atom. The van der Waals surface area contributed by atoms with Crippen LogP contribution in [0.4, 0.5) is 0 Å². The molecule has 0 aliphatic heterocycles. The van der Waals surface area contributed by atoms with Crippen molar-refractivity contribution in [2.75, 3.05) is 6.54 Å². The van der Waals surface area contributed by atoms with E-state index in [4.69, 9.17) is 5.73 Å². The van der Waals surface area contributed by atoms with Crippen molar-refractivity contribution < 1.29 is 14.7 Å². The number of carboxylic acid groups (broad SMARTS) is 1. The first-order valence-corrected chi connectivity index (χ1v) is 7.05. The number of aliphatic carboxylic acids is 1. The zero-order chi connectivity index (χ0) is 14.6. The van der Waals surface area contributed by atoms with E-state index in [1.54, 1.807) is 0 Å². The van der Waals surface area contributed by atoms with E-state index in [0.29, 0.717) is 18.8 Å². The van der Waals surface area contributed by atoms with Crippen LogP contribution in [-0.4, -0.2) is 29.6 Å². The molecule has 1 aliphatic rings. The number of nitrogens with one attached hydrogen (secondary N) is 1. The standard InChI is InChI=1S/C14H26N2O3/c1-9(2)11(15)12(17)16-8-14(13(18)19)6-4-10(3)5-7-14/h9-11H,4-8,15H2,1-3H3,(H,16,17)(H,18,19)/t10?,11-,14?/m0/s1. The van der Waals surface area contributed by atoms with Gasteiger partial charge in [-0.15, -0.1) is 0 Å². The van der Waals surface area contributed by atoms with Crippen LogP contribution in [0.15, 0.2) is 0 Å². The highest BCUT2D eigenvalue weighted by atomic mass is 16.4. The molecule has 4 N–H and O–H groups in total. The number of carboxylic acids is 1. The third kappa shape index (κ3) is 3.93. The van der Waals surface area contributed by atoms with Crippen LogP contribution in [0.25, 0.3) is 0 Å². The minimum Gasteiger partial charge on any atom is -0.481 e. The van der Waals surface area contributed by atoms with Crippen LogP contribution in [0.3, 0.4) is 0 Å². The van der Waals surface area contributed by atoms with E-state index in [-0.39, 0.29) is 18.4 Å². The summed E-state index contributed by atoms with van der Waals surface area (Å²) in [4.78, 5) is 23.3. The van der Waals surface area contributed by atoms with Crippen LogP contribution in [0.2, 0.25) is 0 Å². The Morgan fingerprint density at radius 2 is 1.89 bits per heavy atom. The molecule has 0 spiro atoms. The number of hydrogen-bond donors (Lipinski definition) is 3.